The van der Waals surface area contributed by atoms with Crippen molar-refractivity contribution in [2.45, 2.75) is 57.8 Å². The fraction of sp³-hybridized carbons (Fsp3) is 0.536. The number of nitrogens with zero attached hydrogens (tertiary/aromatic N) is 1. The summed E-state index contributed by atoms with van der Waals surface area (Å²) in [5.41, 5.74) is 4.43. The maximum absolute atomic E-state index is 13.4. The molecule has 4 unspecified atom stereocenters. The Hall–Kier alpha value is -2.38. The van der Waals surface area contributed by atoms with Crippen LogP contribution in [-0.4, -0.2) is 49.3 Å². The number of piperazine rings is 1. The maximum Gasteiger partial charge on any atom is 0.405 e. The highest BCUT2D eigenvalue weighted by Gasteiger charge is 2.43. The highest BCUT2D eigenvalue weighted by Crippen LogP contribution is 2.34. The second-order valence-electron chi connectivity index (χ2n) is 10.3. The van der Waals surface area contributed by atoms with Gasteiger partial charge < -0.3 is 10.1 Å². The van der Waals surface area contributed by atoms with Crippen molar-refractivity contribution in [3.05, 3.63) is 70.8 Å². The van der Waals surface area contributed by atoms with Crippen molar-refractivity contribution in [1.29, 1.82) is 0 Å². The summed E-state index contributed by atoms with van der Waals surface area (Å²) in [6, 6.07) is 13.5. The molecule has 1 heterocycles. The van der Waals surface area contributed by atoms with Gasteiger partial charge in [0.2, 0.25) is 0 Å². The summed E-state index contributed by atoms with van der Waals surface area (Å²) >= 11 is 0. The topological polar surface area (TPSA) is 41.6 Å². The molecule has 1 saturated heterocycles. The normalized spacial score (nSPS) is 22.6. The zero-order valence-corrected chi connectivity index (χ0v) is 20.6. The molecule has 4 rings (SSSR count). The molecule has 4 atom stereocenters. The minimum atomic E-state index is -4.33. The van der Waals surface area contributed by atoms with E-state index in [1.807, 2.05) is 43.3 Å². The van der Waals surface area contributed by atoms with Gasteiger partial charge in [0.05, 0.1) is 12.0 Å². The SMILES string of the molecule is CC(C(=O)OCC(c1ccccc1)N1CCNC(C(F)(F)F)C1)c1ccc2c(c1)CC(C(C)C)C2. The van der Waals surface area contributed by atoms with E-state index in [2.05, 4.69) is 31.3 Å². The fourth-order valence-electron chi connectivity index (χ4n) is 5.20. The molecule has 1 N–H and O–H groups in total. The van der Waals surface area contributed by atoms with Crippen molar-refractivity contribution >= 4 is 5.97 Å². The number of fused-ring (bicyclic) bond motifs is 1. The van der Waals surface area contributed by atoms with Crippen LogP contribution in [0.3, 0.4) is 0 Å². The van der Waals surface area contributed by atoms with Crippen LogP contribution in [0.1, 0.15) is 55.0 Å². The molecular formula is C28H35F3N2O2. The fourth-order valence-corrected chi connectivity index (χ4v) is 5.20. The number of hydrogen-bond acceptors (Lipinski definition) is 4. The zero-order chi connectivity index (χ0) is 25.2. The van der Waals surface area contributed by atoms with Gasteiger partial charge in [0, 0.05) is 19.6 Å². The van der Waals surface area contributed by atoms with Crippen LogP contribution in [0.2, 0.25) is 0 Å². The van der Waals surface area contributed by atoms with E-state index in [0.717, 1.165) is 24.0 Å². The molecule has 0 bridgehead atoms. The van der Waals surface area contributed by atoms with Crippen LogP contribution in [-0.2, 0) is 22.4 Å². The van der Waals surface area contributed by atoms with E-state index in [0.29, 0.717) is 18.4 Å². The highest BCUT2D eigenvalue weighted by molar-refractivity contribution is 5.77. The predicted molar refractivity (Wildman–Crippen MR) is 130 cm³/mol. The molecule has 190 valence electrons. The quantitative estimate of drug-likeness (QED) is 0.539. The standard InChI is InChI=1S/C28H35F3N2O2/c1-18(2)23-14-22-10-9-21(13-24(22)15-23)19(3)27(34)35-17-25(20-7-5-4-6-8-20)33-12-11-32-26(16-33)28(29,30)31/h4-10,13,18-19,23,25-26,32H,11-12,14-17H2,1-3H3. The molecular weight excluding hydrogens is 453 g/mol. The Morgan fingerprint density at radius 2 is 1.77 bits per heavy atom. The third-order valence-corrected chi connectivity index (χ3v) is 7.60. The van der Waals surface area contributed by atoms with Gasteiger partial charge in [-0.05, 0) is 53.9 Å². The Morgan fingerprint density at radius 1 is 1.06 bits per heavy atom. The van der Waals surface area contributed by atoms with Crippen molar-refractivity contribution in [3.8, 4) is 0 Å². The van der Waals surface area contributed by atoms with E-state index in [-0.39, 0.29) is 25.7 Å². The number of rotatable bonds is 7. The Morgan fingerprint density at radius 3 is 2.46 bits per heavy atom. The van der Waals surface area contributed by atoms with Gasteiger partial charge in [-0.1, -0.05) is 62.4 Å². The van der Waals surface area contributed by atoms with Crippen LogP contribution in [0.5, 0.6) is 0 Å². The van der Waals surface area contributed by atoms with Gasteiger partial charge in [-0.3, -0.25) is 9.69 Å². The summed E-state index contributed by atoms with van der Waals surface area (Å²) in [5, 5.41) is 2.56. The number of esters is 1. The molecule has 35 heavy (non-hydrogen) atoms. The van der Waals surface area contributed by atoms with E-state index in [9.17, 15) is 18.0 Å². The second kappa shape index (κ2) is 10.7. The summed E-state index contributed by atoms with van der Waals surface area (Å²) in [4.78, 5) is 14.8. The number of carbonyl (C=O) groups is 1. The van der Waals surface area contributed by atoms with Gasteiger partial charge in [0.15, 0.2) is 0 Å². The second-order valence-corrected chi connectivity index (χ2v) is 10.3. The average molecular weight is 489 g/mol. The monoisotopic (exact) mass is 488 g/mol. The van der Waals surface area contributed by atoms with E-state index in [4.69, 9.17) is 4.74 Å². The highest BCUT2D eigenvalue weighted by atomic mass is 19.4. The molecule has 0 aromatic heterocycles. The first-order chi connectivity index (χ1) is 16.6. The zero-order valence-electron chi connectivity index (χ0n) is 20.6. The lowest BCUT2D eigenvalue weighted by molar-refractivity contribution is -0.169. The van der Waals surface area contributed by atoms with Crippen molar-refractivity contribution < 1.29 is 22.7 Å². The van der Waals surface area contributed by atoms with Crippen LogP contribution >= 0.6 is 0 Å². The molecule has 0 radical (unpaired) electrons. The van der Waals surface area contributed by atoms with Crippen LogP contribution in [0.4, 0.5) is 13.2 Å². The summed E-state index contributed by atoms with van der Waals surface area (Å²) in [5.74, 6) is 0.450. The minimum absolute atomic E-state index is 0.0120. The molecule has 1 fully saturated rings. The molecule has 0 saturated carbocycles. The molecule has 1 aliphatic heterocycles. The van der Waals surface area contributed by atoms with Crippen molar-refractivity contribution in [2.75, 3.05) is 26.2 Å². The number of halogens is 3. The van der Waals surface area contributed by atoms with Gasteiger partial charge in [-0.15, -0.1) is 0 Å². The molecule has 1 aliphatic carbocycles. The summed E-state index contributed by atoms with van der Waals surface area (Å²) in [7, 11) is 0. The summed E-state index contributed by atoms with van der Waals surface area (Å²) < 4.78 is 45.9. The van der Waals surface area contributed by atoms with E-state index < -0.39 is 24.2 Å². The first-order valence-corrected chi connectivity index (χ1v) is 12.5. The number of ether oxygens (including phenoxy) is 1. The predicted octanol–water partition coefficient (Wildman–Crippen LogP) is 5.28. The van der Waals surface area contributed by atoms with E-state index >= 15 is 0 Å². The van der Waals surface area contributed by atoms with Crippen molar-refractivity contribution in [1.82, 2.24) is 10.2 Å². The number of nitrogens with one attached hydrogen (secondary N) is 1. The number of carbonyl (C=O) groups excluding carboxylic acids is 1. The molecule has 4 nitrogen and oxygen atoms in total. The summed E-state index contributed by atoms with van der Waals surface area (Å²) in [6.07, 6.45) is -2.22. The van der Waals surface area contributed by atoms with E-state index in [1.54, 1.807) is 4.90 Å². The summed E-state index contributed by atoms with van der Waals surface area (Å²) in [6.45, 7) is 6.83. The Bertz CT molecular complexity index is 1010. The third kappa shape index (κ3) is 6.07. The largest absolute Gasteiger partial charge is 0.463 e. The molecule has 7 heteroatoms. The third-order valence-electron chi connectivity index (χ3n) is 7.60. The van der Waals surface area contributed by atoms with E-state index in [1.165, 1.54) is 11.1 Å². The average Bonchev–Trinajstić information content (AvgIpc) is 3.28. The van der Waals surface area contributed by atoms with Gasteiger partial charge in [-0.25, -0.2) is 0 Å². The molecule has 2 aromatic carbocycles. The lowest BCUT2D eigenvalue weighted by atomic mass is 9.93. The number of alkyl halides is 3. The minimum Gasteiger partial charge on any atom is -0.463 e. The molecule has 2 aromatic rings. The van der Waals surface area contributed by atoms with Gasteiger partial charge in [0.1, 0.15) is 12.6 Å². The van der Waals surface area contributed by atoms with Gasteiger partial charge in [0.25, 0.3) is 0 Å². The Balaban J connectivity index is 1.44. The lowest BCUT2D eigenvalue weighted by Gasteiger charge is -2.39. The maximum atomic E-state index is 13.4. The number of hydrogen-bond donors (Lipinski definition) is 1. The lowest BCUT2D eigenvalue weighted by Crippen LogP contribution is -2.58. The molecule has 2 aliphatic rings. The van der Waals surface area contributed by atoms with Crippen LogP contribution in [0.25, 0.3) is 0 Å². The molecule has 0 spiro atoms. The molecule has 0 amide bonds. The Kier molecular flexibility index (Phi) is 7.86. The van der Waals surface area contributed by atoms with Crippen LogP contribution in [0.15, 0.2) is 48.5 Å². The first kappa shape index (κ1) is 25.7. The smallest absolute Gasteiger partial charge is 0.405 e. The van der Waals surface area contributed by atoms with Gasteiger partial charge in [-0.2, -0.15) is 13.2 Å². The Labute approximate surface area is 205 Å². The van der Waals surface area contributed by atoms with Crippen molar-refractivity contribution in [2.24, 2.45) is 11.8 Å². The first-order valence-electron chi connectivity index (χ1n) is 12.5. The van der Waals surface area contributed by atoms with Crippen LogP contribution < -0.4 is 5.32 Å². The van der Waals surface area contributed by atoms with Gasteiger partial charge >= 0.3 is 12.1 Å². The van der Waals surface area contributed by atoms with Crippen LogP contribution in [0, 0.1) is 11.8 Å². The number of benzene rings is 2. The van der Waals surface area contributed by atoms with Crippen molar-refractivity contribution in [3.63, 3.8) is 0 Å².